The molecule has 0 aliphatic carbocycles. The second-order valence-electron chi connectivity index (χ2n) is 3.12. The number of hydrogen-bond donors (Lipinski definition) is 1. The van der Waals surface area contributed by atoms with Crippen LogP contribution in [-0.2, 0) is 0 Å². The highest BCUT2D eigenvalue weighted by molar-refractivity contribution is 5.34. The first-order valence-corrected chi connectivity index (χ1v) is 5.16. The highest BCUT2D eigenvalue weighted by Crippen LogP contribution is 2.10. The van der Waals surface area contributed by atoms with Crippen molar-refractivity contribution < 1.29 is 0 Å². The van der Waals surface area contributed by atoms with Gasteiger partial charge in [-0.05, 0) is 32.7 Å². The van der Waals surface area contributed by atoms with Crippen LogP contribution in [0.3, 0.4) is 0 Å². The summed E-state index contributed by atoms with van der Waals surface area (Å²) in [5.74, 6) is 0.774. The number of nitrogens with zero attached hydrogens (tertiary/aromatic N) is 2. The molecule has 0 bridgehead atoms. The lowest BCUT2D eigenvalue weighted by Crippen LogP contribution is -2.27. The highest BCUT2D eigenvalue weighted by Gasteiger charge is 2.07. The van der Waals surface area contributed by atoms with Crippen molar-refractivity contribution in [3.63, 3.8) is 0 Å². The predicted octanol–water partition coefficient (Wildman–Crippen LogP) is 2.74. The molecule has 0 atom stereocenters. The molecule has 0 saturated heterocycles. The lowest BCUT2D eigenvalue weighted by Gasteiger charge is -2.17. The van der Waals surface area contributed by atoms with Crippen LogP contribution in [0.2, 0.25) is 0 Å². The van der Waals surface area contributed by atoms with Gasteiger partial charge >= 0.3 is 0 Å². The molecule has 3 heteroatoms. The van der Waals surface area contributed by atoms with E-state index in [4.69, 9.17) is 0 Å². The summed E-state index contributed by atoms with van der Waals surface area (Å²) in [5.41, 5.74) is 0.881. The summed E-state index contributed by atoms with van der Waals surface area (Å²) in [4.78, 5) is 7.88. The largest absolute Gasteiger partial charge is 0.366 e. The molecule has 3 nitrogen and oxygen atoms in total. The van der Waals surface area contributed by atoms with Crippen LogP contribution in [0.5, 0.6) is 0 Å². The maximum Gasteiger partial charge on any atom is 0.147 e. The lowest BCUT2D eigenvalue weighted by molar-refractivity contribution is 0.527. The minimum Gasteiger partial charge on any atom is -0.366 e. The summed E-state index contributed by atoms with van der Waals surface area (Å²) in [5, 5.41) is 3.32. The maximum absolute atomic E-state index is 3.95. The molecule has 1 N–H and O–H groups in total. The molecular weight excluding hydrogens is 174 g/mol. The van der Waals surface area contributed by atoms with Crippen molar-refractivity contribution in [3.8, 4) is 0 Å². The average Bonchev–Trinajstić information content (AvgIpc) is 2.24. The van der Waals surface area contributed by atoms with Gasteiger partial charge < -0.3 is 5.32 Å². The van der Waals surface area contributed by atoms with Crippen LogP contribution in [0.1, 0.15) is 40.0 Å². The van der Waals surface area contributed by atoms with Crippen molar-refractivity contribution in [2.45, 2.75) is 46.1 Å². The number of hydrogen-bond acceptors (Lipinski definition) is 3. The normalized spacial score (nSPS) is 12.3. The molecule has 0 aromatic heterocycles. The van der Waals surface area contributed by atoms with Gasteiger partial charge in [-0.3, -0.25) is 4.99 Å². The van der Waals surface area contributed by atoms with Crippen LogP contribution >= 0.6 is 0 Å². The Morgan fingerprint density at radius 3 is 2.00 bits per heavy atom. The van der Waals surface area contributed by atoms with Crippen molar-refractivity contribution >= 4 is 13.4 Å². The molecule has 0 saturated carbocycles. The standard InChI is InChI=1S/C11H21N3/c1-6-9(7-2)14-11(13-5)10(8-3)12-4/h9,14H,4-8H2,1-3H3/b11-10+. The number of nitrogens with one attached hydrogen (secondary N) is 1. The van der Waals surface area contributed by atoms with Gasteiger partial charge in [0.15, 0.2) is 0 Å². The molecule has 0 rings (SSSR count). The average molecular weight is 195 g/mol. The Kier molecular flexibility index (Phi) is 6.72. The molecular formula is C11H21N3. The fraction of sp³-hybridized carbons (Fsp3) is 0.636. The van der Waals surface area contributed by atoms with E-state index < -0.39 is 0 Å². The molecule has 0 aliphatic rings. The van der Waals surface area contributed by atoms with Gasteiger partial charge in [-0.2, -0.15) is 0 Å². The smallest absolute Gasteiger partial charge is 0.147 e. The maximum atomic E-state index is 3.95. The number of allylic oxidation sites excluding steroid dienone is 1. The third kappa shape index (κ3) is 3.73. The van der Waals surface area contributed by atoms with Crippen molar-refractivity contribution in [2.75, 3.05) is 0 Å². The van der Waals surface area contributed by atoms with Gasteiger partial charge in [0.25, 0.3) is 0 Å². The summed E-state index contributed by atoms with van der Waals surface area (Å²) in [6.07, 6.45) is 2.97. The first-order chi connectivity index (χ1) is 6.73. The summed E-state index contributed by atoms with van der Waals surface area (Å²) < 4.78 is 0. The van der Waals surface area contributed by atoms with Crippen LogP contribution in [0.15, 0.2) is 21.5 Å². The number of aliphatic imine (C=N–C) groups is 2. The van der Waals surface area contributed by atoms with Crippen LogP contribution in [0.25, 0.3) is 0 Å². The lowest BCUT2D eigenvalue weighted by atomic mass is 10.2. The SMILES string of the molecule is C=N/C(CC)=C(\N=C)NC(CC)CC. The van der Waals surface area contributed by atoms with Crippen molar-refractivity contribution in [3.05, 3.63) is 11.5 Å². The van der Waals surface area contributed by atoms with Gasteiger partial charge in [-0.25, -0.2) is 4.99 Å². The van der Waals surface area contributed by atoms with E-state index in [0.29, 0.717) is 6.04 Å². The zero-order valence-corrected chi connectivity index (χ0v) is 9.51. The van der Waals surface area contributed by atoms with E-state index >= 15 is 0 Å². The molecule has 0 aliphatic heterocycles. The van der Waals surface area contributed by atoms with Crippen molar-refractivity contribution in [1.82, 2.24) is 5.32 Å². The zero-order valence-electron chi connectivity index (χ0n) is 9.51. The Bertz CT molecular complexity index is 215. The topological polar surface area (TPSA) is 36.8 Å². The molecule has 0 spiro atoms. The Balaban J connectivity index is 4.62. The molecule has 14 heavy (non-hydrogen) atoms. The second kappa shape index (κ2) is 7.30. The fourth-order valence-corrected chi connectivity index (χ4v) is 1.26. The van der Waals surface area contributed by atoms with Gasteiger partial charge in [-0.1, -0.05) is 20.8 Å². The summed E-state index contributed by atoms with van der Waals surface area (Å²) >= 11 is 0. The molecule has 0 fully saturated rings. The van der Waals surface area contributed by atoms with Gasteiger partial charge in [0.05, 0.1) is 5.70 Å². The quantitative estimate of drug-likeness (QED) is 0.623. The van der Waals surface area contributed by atoms with E-state index in [1.807, 2.05) is 6.92 Å². The van der Waals surface area contributed by atoms with Gasteiger partial charge in [0, 0.05) is 6.04 Å². The van der Waals surface area contributed by atoms with Crippen LogP contribution in [-0.4, -0.2) is 19.5 Å². The molecule has 0 aromatic rings. The molecule has 0 heterocycles. The highest BCUT2D eigenvalue weighted by atomic mass is 15.1. The third-order valence-electron chi connectivity index (χ3n) is 2.28. The third-order valence-corrected chi connectivity index (χ3v) is 2.28. The zero-order chi connectivity index (χ0) is 11.0. The number of rotatable bonds is 7. The first kappa shape index (κ1) is 12.9. The van der Waals surface area contributed by atoms with Crippen LogP contribution in [0, 0.1) is 0 Å². The molecule has 0 amide bonds. The van der Waals surface area contributed by atoms with E-state index in [9.17, 15) is 0 Å². The first-order valence-electron chi connectivity index (χ1n) is 5.16. The van der Waals surface area contributed by atoms with E-state index in [0.717, 1.165) is 30.8 Å². The Hall–Kier alpha value is -1.12. The predicted molar refractivity (Wildman–Crippen MR) is 63.9 cm³/mol. The van der Waals surface area contributed by atoms with Crippen LogP contribution in [0.4, 0.5) is 0 Å². The Morgan fingerprint density at radius 1 is 1.14 bits per heavy atom. The van der Waals surface area contributed by atoms with Gasteiger partial charge in [0.2, 0.25) is 0 Å². The van der Waals surface area contributed by atoms with E-state index in [1.165, 1.54) is 0 Å². The van der Waals surface area contributed by atoms with E-state index in [-0.39, 0.29) is 0 Å². The van der Waals surface area contributed by atoms with Crippen molar-refractivity contribution in [2.24, 2.45) is 9.98 Å². The van der Waals surface area contributed by atoms with Crippen molar-refractivity contribution in [1.29, 1.82) is 0 Å². The fourth-order valence-electron chi connectivity index (χ4n) is 1.26. The second-order valence-corrected chi connectivity index (χ2v) is 3.12. The Morgan fingerprint density at radius 2 is 1.71 bits per heavy atom. The minimum atomic E-state index is 0.443. The van der Waals surface area contributed by atoms with E-state index in [2.05, 4.69) is 42.6 Å². The molecule has 0 aromatic carbocycles. The summed E-state index contributed by atoms with van der Waals surface area (Å²) in [7, 11) is 0. The van der Waals surface area contributed by atoms with E-state index in [1.54, 1.807) is 0 Å². The summed E-state index contributed by atoms with van der Waals surface area (Å²) in [6, 6.07) is 0.443. The monoisotopic (exact) mass is 195 g/mol. The molecule has 0 unspecified atom stereocenters. The van der Waals surface area contributed by atoms with Crippen LogP contribution < -0.4 is 5.32 Å². The van der Waals surface area contributed by atoms with Gasteiger partial charge in [-0.15, -0.1) is 0 Å². The van der Waals surface area contributed by atoms with Gasteiger partial charge in [0.1, 0.15) is 5.82 Å². The summed E-state index contributed by atoms with van der Waals surface area (Å²) in [6.45, 7) is 13.4. The Labute approximate surface area is 87.0 Å². The molecule has 80 valence electrons. The molecule has 0 radical (unpaired) electrons. The minimum absolute atomic E-state index is 0.443.